The van der Waals surface area contributed by atoms with Crippen LogP contribution in [0.3, 0.4) is 0 Å². The van der Waals surface area contributed by atoms with Gasteiger partial charge in [0.2, 0.25) is 0 Å². The van der Waals surface area contributed by atoms with Crippen LogP contribution >= 0.6 is 15.9 Å². The Morgan fingerprint density at radius 1 is 1.64 bits per heavy atom. The first kappa shape index (κ1) is 3.77. The van der Waals surface area contributed by atoms with Crippen LogP contribution in [-0.2, 0) is 0 Å². The molecule has 1 aromatic carbocycles. The summed E-state index contributed by atoms with van der Waals surface area (Å²) in [6, 6.07) is -3.39. The molecule has 14 heavy (non-hydrogen) atoms. The number of nitrogens with zero attached hydrogens (tertiary/aromatic N) is 2. The van der Waals surface area contributed by atoms with E-state index in [2.05, 4.69) is 20.9 Å². The molecule has 2 aromatic rings. The van der Waals surface area contributed by atoms with E-state index in [1.165, 1.54) is 0 Å². The van der Waals surface area contributed by atoms with E-state index in [1.807, 2.05) is 0 Å². The van der Waals surface area contributed by atoms with E-state index >= 15 is 0 Å². The van der Waals surface area contributed by atoms with E-state index in [-0.39, 0.29) is 4.60 Å². The summed E-state index contributed by atoms with van der Waals surface area (Å²) in [6.45, 7) is -2.78. The van der Waals surface area contributed by atoms with Gasteiger partial charge in [-0.1, -0.05) is 6.04 Å². The Kier molecular flexibility index (Phi) is 0.953. The summed E-state index contributed by atoms with van der Waals surface area (Å²) >= 11 is 2.89. The van der Waals surface area contributed by atoms with E-state index in [9.17, 15) is 4.39 Å². The third-order valence-corrected chi connectivity index (χ3v) is 1.78. The lowest BCUT2D eigenvalue weighted by Crippen LogP contribution is -1.95. The average molecular weight is 263 g/mol. The summed E-state index contributed by atoms with van der Waals surface area (Å²) in [5.41, 5.74) is -0.604. The summed E-state index contributed by atoms with van der Waals surface area (Å²) < 4.78 is 74.7. The van der Waals surface area contributed by atoms with E-state index in [1.54, 1.807) is 0 Å². The predicted molar refractivity (Wildman–Crippen MR) is 56.0 cm³/mol. The molecule has 0 aliphatic heterocycles. The molecule has 0 spiro atoms. The molecular formula is C10H8BrFN2. The zero-order chi connectivity index (χ0) is 17.0. The third-order valence-electron chi connectivity index (χ3n) is 1.42. The maximum Gasteiger partial charge on any atom is 0.125 e. The average Bonchev–Trinajstić information content (AvgIpc) is 2.72. The Balaban J connectivity index is 2.96. The highest BCUT2D eigenvalue weighted by Gasteiger charge is 2.03. The quantitative estimate of drug-likeness (QED) is 0.773. The number of imidazole rings is 1. The number of halogens is 2. The molecule has 0 N–H and O–H groups in total. The lowest BCUT2D eigenvalue weighted by molar-refractivity contribution is 0.626. The molecule has 0 fully saturated rings. The first-order valence-electron chi connectivity index (χ1n) is 7.50. The molecule has 0 saturated carbocycles. The highest BCUT2D eigenvalue weighted by molar-refractivity contribution is 9.10. The summed E-state index contributed by atoms with van der Waals surface area (Å²) in [4.78, 5) is 3.65. The molecule has 2 rings (SSSR count). The van der Waals surface area contributed by atoms with Gasteiger partial charge in [0.15, 0.2) is 0 Å². The molecule has 0 amide bonds. The van der Waals surface area contributed by atoms with Crippen molar-refractivity contribution in [1.82, 2.24) is 9.55 Å². The second-order valence-corrected chi connectivity index (χ2v) is 3.09. The Bertz CT molecular complexity index is 741. The molecule has 0 atom stereocenters. The van der Waals surface area contributed by atoms with E-state index < -0.39 is 54.5 Å². The lowest BCUT2D eigenvalue weighted by Gasteiger charge is -2.03. The van der Waals surface area contributed by atoms with Gasteiger partial charge < -0.3 is 4.57 Å². The zero-order valence-electron chi connectivity index (χ0n) is 14.7. The molecule has 0 radical (unpaired) electrons. The normalized spacial score (nSPS) is 19.6. The van der Waals surface area contributed by atoms with Crippen molar-refractivity contribution in [2.75, 3.05) is 0 Å². The maximum atomic E-state index is 13.9. The number of hydrogen-bond donors (Lipinski definition) is 0. The smallest absolute Gasteiger partial charge is 0.125 e. The Morgan fingerprint density at radius 3 is 3.29 bits per heavy atom. The second kappa shape index (κ2) is 3.53. The van der Waals surface area contributed by atoms with Crippen LogP contribution in [0.25, 0.3) is 5.69 Å². The molecule has 1 aromatic heterocycles. The van der Waals surface area contributed by atoms with Gasteiger partial charge in [0, 0.05) is 16.0 Å². The molecule has 0 aliphatic carbocycles. The highest BCUT2D eigenvalue weighted by Crippen LogP contribution is 2.16. The topological polar surface area (TPSA) is 17.8 Å². The van der Waals surface area contributed by atoms with Crippen molar-refractivity contribution < 1.29 is 15.4 Å². The van der Waals surface area contributed by atoms with Crippen LogP contribution in [0.2, 0.25) is 0 Å². The summed E-state index contributed by atoms with van der Waals surface area (Å²) in [5, 5.41) is 0. The van der Waals surface area contributed by atoms with Gasteiger partial charge in [-0.05, 0) is 40.9 Å². The Labute approximate surface area is 101 Å². The van der Waals surface area contributed by atoms with Gasteiger partial charge in [0.1, 0.15) is 16.2 Å². The van der Waals surface area contributed by atoms with Gasteiger partial charge in [-0.15, -0.1) is 0 Å². The third kappa shape index (κ3) is 1.70. The minimum absolute atomic E-state index is 0.153. The van der Waals surface area contributed by atoms with Gasteiger partial charge in [0.25, 0.3) is 0 Å². The summed E-state index contributed by atoms with van der Waals surface area (Å²) in [7, 11) is 0. The highest BCUT2D eigenvalue weighted by atomic mass is 79.9. The van der Waals surface area contributed by atoms with E-state index in [0.29, 0.717) is 4.57 Å². The molecule has 0 unspecified atom stereocenters. The minimum Gasteiger partial charge on any atom is -0.303 e. The van der Waals surface area contributed by atoms with Gasteiger partial charge in [-0.25, -0.2) is 9.37 Å². The van der Waals surface area contributed by atoms with Gasteiger partial charge in [-0.2, -0.15) is 0 Å². The first-order valence-corrected chi connectivity index (χ1v) is 4.29. The van der Waals surface area contributed by atoms with Gasteiger partial charge >= 0.3 is 0 Å². The van der Waals surface area contributed by atoms with Crippen molar-refractivity contribution in [2.24, 2.45) is 0 Å². The monoisotopic (exact) mass is 262 g/mol. The number of aryl methyl sites for hydroxylation is 1. The number of hydrogen-bond acceptors (Lipinski definition) is 1. The van der Waals surface area contributed by atoms with Crippen LogP contribution in [0.4, 0.5) is 4.39 Å². The van der Waals surface area contributed by atoms with Crippen LogP contribution < -0.4 is 0 Å². The molecule has 72 valence electrons. The summed E-state index contributed by atoms with van der Waals surface area (Å²) in [6.07, 6.45) is -0.496. The maximum absolute atomic E-state index is 13.9. The van der Waals surface area contributed by atoms with Gasteiger partial charge in [-0.3, -0.25) is 0 Å². The second-order valence-electron chi connectivity index (χ2n) is 2.34. The minimum atomic E-state index is -2.78. The Hall–Kier alpha value is -1.16. The van der Waals surface area contributed by atoms with Crippen molar-refractivity contribution in [3.05, 3.63) is 46.6 Å². The fourth-order valence-electron chi connectivity index (χ4n) is 0.899. The summed E-state index contributed by atoms with van der Waals surface area (Å²) in [5.74, 6) is -2.00. The fraction of sp³-hybridized carbons (Fsp3) is 0.100. The molecular weight excluding hydrogens is 247 g/mol. The van der Waals surface area contributed by atoms with Crippen LogP contribution in [0.1, 0.15) is 16.8 Å². The van der Waals surface area contributed by atoms with Crippen LogP contribution in [-0.4, -0.2) is 9.55 Å². The molecule has 1 heterocycles. The molecule has 4 heteroatoms. The molecule has 0 saturated heterocycles. The van der Waals surface area contributed by atoms with Crippen LogP contribution in [0, 0.1) is 12.7 Å². The van der Waals surface area contributed by atoms with Crippen molar-refractivity contribution >= 4 is 15.9 Å². The molecule has 0 aliphatic rings. The number of rotatable bonds is 1. The van der Waals surface area contributed by atoms with Crippen molar-refractivity contribution in [2.45, 2.75) is 6.85 Å². The zero-order valence-corrected chi connectivity index (χ0v) is 8.24. The van der Waals surface area contributed by atoms with E-state index in [0.717, 1.165) is 0 Å². The Morgan fingerprint density at radius 2 is 2.50 bits per heavy atom. The van der Waals surface area contributed by atoms with Crippen LogP contribution in [0.15, 0.2) is 34.9 Å². The van der Waals surface area contributed by atoms with Crippen LogP contribution in [0.5, 0.6) is 0 Å². The largest absolute Gasteiger partial charge is 0.303 e. The van der Waals surface area contributed by atoms with E-state index in [4.69, 9.17) is 11.0 Å². The molecule has 0 bridgehead atoms. The molecule has 2 nitrogen and oxygen atoms in total. The SMILES string of the molecule is [2H]c1c([2H])c(F)c([2H])c(-n2c(C([2H])([2H])[2H])nc(Br)c2[2H])c1[2H]. The number of benzene rings is 1. The predicted octanol–water partition coefficient (Wildman–Crippen LogP) is 3.08. The lowest BCUT2D eigenvalue weighted by atomic mass is 10.3. The number of aromatic nitrogens is 2. The van der Waals surface area contributed by atoms with Gasteiger partial charge in [0.05, 0.1) is 6.85 Å². The van der Waals surface area contributed by atoms with Crippen molar-refractivity contribution in [1.29, 1.82) is 0 Å². The fourth-order valence-corrected chi connectivity index (χ4v) is 1.24. The standard InChI is InChI=1S/C10H8BrFN2/c1-7-13-10(11)6-14(7)9-4-2-3-8(12)5-9/h2-6H,1H3/i1D3,2D,3D,4D,5D,6D. The first-order chi connectivity index (χ1) is 9.98. The van der Waals surface area contributed by atoms with Crippen molar-refractivity contribution in [3.8, 4) is 5.69 Å². The van der Waals surface area contributed by atoms with Crippen molar-refractivity contribution in [3.63, 3.8) is 0 Å².